The summed E-state index contributed by atoms with van der Waals surface area (Å²) in [5.41, 5.74) is 0.120. The number of carbonyl (C=O) groups is 2. The van der Waals surface area contributed by atoms with Crippen molar-refractivity contribution in [2.24, 2.45) is 0 Å². The zero-order valence-electron chi connectivity index (χ0n) is 15.1. The number of rotatable bonds is 6. The van der Waals surface area contributed by atoms with E-state index in [0.29, 0.717) is 26.2 Å². The van der Waals surface area contributed by atoms with Crippen molar-refractivity contribution < 1.29 is 32.2 Å². The Bertz CT molecular complexity index is 834. The molecule has 9 nitrogen and oxygen atoms in total. The molecule has 28 heavy (non-hydrogen) atoms. The smallest absolute Gasteiger partial charge is 0.335 e. The van der Waals surface area contributed by atoms with Crippen LogP contribution in [0.25, 0.3) is 0 Å². The van der Waals surface area contributed by atoms with Crippen molar-refractivity contribution in [1.82, 2.24) is 4.31 Å². The molecule has 11 heteroatoms. The van der Waals surface area contributed by atoms with Gasteiger partial charge in [0, 0.05) is 19.7 Å². The number of sulfonamides is 1. The maximum atomic E-state index is 12.7. The maximum absolute atomic E-state index is 12.7. The molecule has 3 rings (SSSR count). The Labute approximate surface area is 167 Å². The molecule has 2 fully saturated rings. The van der Waals surface area contributed by atoms with E-state index in [9.17, 15) is 18.0 Å². The second-order valence-electron chi connectivity index (χ2n) is 6.32. The number of nitrogens with one attached hydrogen (secondary N) is 1. The minimum atomic E-state index is -3.73. The van der Waals surface area contributed by atoms with Crippen LogP contribution in [0, 0.1) is 0 Å². The van der Waals surface area contributed by atoms with E-state index < -0.39 is 34.6 Å². The molecule has 2 aliphatic rings. The van der Waals surface area contributed by atoms with Crippen molar-refractivity contribution in [1.29, 1.82) is 0 Å². The van der Waals surface area contributed by atoms with Gasteiger partial charge in [-0.25, -0.2) is 13.2 Å². The number of ether oxygens (including phenoxy) is 3. The normalized spacial score (nSPS) is 20.7. The number of hydrogen-bond donors (Lipinski definition) is 1. The zero-order valence-corrected chi connectivity index (χ0v) is 16.6. The van der Waals surface area contributed by atoms with E-state index in [4.69, 9.17) is 25.8 Å². The van der Waals surface area contributed by atoms with Crippen LogP contribution < -0.4 is 5.32 Å². The molecule has 2 aliphatic heterocycles. The number of hydrogen-bond acceptors (Lipinski definition) is 7. The van der Waals surface area contributed by atoms with Gasteiger partial charge in [-0.05, 0) is 31.0 Å². The average Bonchev–Trinajstić information content (AvgIpc) is 3.23. The Balaban J connectivity index is 1.64. The third kappa shape index (κ3) is 5.00. The summed E-state index contributed by atoms with van der Waals surface area (Å²) in [6, 6.07) is 4.05. The summed E-state index contributed by atoms with van der Waals surface area (Å²) in [5, 5.41) is 2.64. The second kappa shape index (κ2) is 9.19. The highest BCUT2D eigenvalue weighted by Crippen LogP contribution is 2.27. The SMILES string of the molecule is O=C(COC(=O)C1CCCO1)Nc1cc(S(=O)(=O)N2CCOCC2)ccc1Cl. The van der Waals surface area contributed by atoms with Gasteiger partial charge in [-0.15, -0.1) is 0 Å². The monoisotopic (exact) mass is 432 g/mol. The molecule has 1 aromatic rings. The number of morpholine rings is 1. The largest absolute Gasteiger partial charge is 0.454 e. The van der Waals surface area contributed by atoms with Crippen LogP contribution in [0.1, 0.15) is 12.8 Å². The van der Waals surface area contributed by atoms with Crippen LogP contribution in [0.2, 0.25) is 5.02 Å². The molecule has 0 radical (unpaired) electrons. The van der Waals surface area contributed by atoms with Gasteiger partial charge in [0.2, 0.25) is 10.0 Å². The van der Waals surface area contributed by atoms with Gasteiger partial charge in [0.1, 0.15) is 0 Å². The summed E-state index contributed by atoms with van der Waals surface area (Å²) in [4.78, 5) is 23.9. The Hall–Kier alpha value is -1.72. The third-order valence-electron chi connectivity index (χ3n) is 4.36. The molecule has 1 N–H and O–H groups in total. The third-order valence-corrected chi connectivity index (χ3v) is 6.58. The summed E-state index contributed by atoms with van der Waals surface area (Å²) in [6.07, 6.45) is 0.693. The number of halogens is 1. The number of benzene rings is 1. The van der Waals surface area contributed by atoms with Gasteiger partial charge in [-0.1, -0.05) is 11.6 Å². The first kappa shape index (κ1) is 21.0. The molecule has 2 heterocycles. The van der Waals surface area contributed by atoms with Crippen molar-refractivity contribution in [3.8, 4) is 0 Å². The molecule has 1 unspecified atom stereocenters. The van der Waals surface area contributed by atoms with E-state index in [0.717, 1.165) is 6.42 Å². The minimum Gasteiger partial charge on any atom is -0.454 e. The Morgan fingerprint density at radius 2 is 2.00 bits per heavy atom. The number of anilines is 1. The number of esters is 1. The molecule has 0 aliphatic carbocycles. The first-order valence-corrected chi connectivity index (χ1v) is 10.7. The Kier molecular flexibility index (Phi) is 6.89. The molecule has 0 saturated carbocycles. The standard InChI is InChI=1S/C17H21ClN2O7S/c18-13-4-3-12(28(23,24)20-5-8-25-9-6-20)10-14(13)19-16(21)11-27-17(22)15-2-1-7-26-15/h3-4,10,15H,1-2,5-9,11H2,(H,19,21). The lowest BCUT2D eigenvalue weighted by Crippen LogP contribution is -2.40. The molecule has 1 amide bonds. The van der Waals surface area contributed by atoms with Gasteiger partial charge in [-0.3, -0.25) is 4.79 Å². The van der Waals surface area contributed by atoms with Crippen LogP contribution in [0.4, 0.5) is 5.69 Å². The van der Waals surface area contributed by atoms with Gasteiger partial charge in [0.15, 0.2) is 12.7 Å². The lowest BCUT2D eigenvalue weighted by atomic mass is 10.2. The van der Waals surface area contributed by atoms with Gasteiger partial charge in [0.25, 0.3) is 5.91 Å². The van der Waals surface area contributed by atoms with Crippen molar-refractivity contribution in [3.05, 3.63) is 23.2 Å². The van der Waals surface area contributed by atoms with E-state index in [2.05, 4.69) is 5.32 Å². The first-order valence-electron chi connectivity index (χ1n) is 8.83. The lowest BCUT2D eigenvalue weighted by Gasteiger charge is -2.26. The van der Waals surface area contributed by atoms with Gasteiger partial charge in [0.05, 0.1) is 28.8 Å². The van der Waals surface area contributed by atoms with Crippen LogP contribution in [-0.4, -0.2) is 70.2 Å². The summed E-state index contributed by atoms with van der Waals surface area (Å²) >= 11 is 6.07. The summed E-state index contributed by atoms with van der Waals surface area (Å²) in [6.45, 7) is 1.14. The van der Waals surface area contributed by atoms with E-state index in [1.807, 2.05) is 0 Å². The van der Waals surface area contributed by atoms with Crippen molar-refractivity contribution >= 4 is 39.2 Å². The molecule has 154 valence electrons. The minimum absolute atomic E-state index is 0.00505. The molecular weight excluding hydrogens is 412 g/mol. The van der Waals surface area contributed by atoms with Crippen molar-refractivity contribution in [2.45, 2.75) is 23.8 Å². The van der Waals surface area contributed by atoms with Crippen LogP contribution in [-0.2, 0) is 33.8 Å². The fourth-order valence-corrected chi connectivity index (χ4v) is 4.48. The molecule has 1 aromatic carbocycles. The average molecular weight is 433 g/mol. The fourth-order valence-electron chi connectivity index (χ4n) is 2.88. The molecule has 1 atom stereocenters. The molecule has 0 bridgehead atoms. The second-order valence-corrected chi connectivity index (χ2v) is 8.66. The van der Waals surface area contributed by atoms with Gasteiger partial charge < -0.3 is 19.5 Å². The van der Waals surface area contributed by atoms with E-state index in [-0.39, 0.29) is 28.7 Å². The van der Waals surface area contributed by atoms with Crippen molar-refractivity contribution in [3.63, 3.8) is 0 Å². The maximum Gasteiger partial charge on any atom is 0.335 e. The molecule has 2 saturated heterocycles. The quantitative estimate of drug-likeness (QED) is 0.668. The van der Waals surface area contributed by atoms with Crippen LogP contribution in [0.15, 0.2) is 23.1 Å². The molecule has 0 aromatic heterocycles. The number of carbonyl (C=O) groups excluding carboxylic acids is 2. The van der Waals surface area contributed by atoms with Crippen LogP contribution >= 0.6 is 11.6 Å². The first-order chi connectivity index (χ1) is 13.4. The van der Waals surface area contributed by atoms with E-state index in [1.54, 1.807) is 0 Å². The lowest BCUT2D eigenvalue weighted by molar-refractivity contribution is -0.156. The fraction of sp³-hybridized carbons (Fsp3) is 0.529. The van der Waals surface area contributed by atoms with E-state index >= 15 is 0 Å². The molecular formula is C17H21ClN2O7S. The van der Waals surface area contributed by atoms with E-state index in [1.165, 1.54) is 22.5 Å². The predicted molar refractivity (Wildman–Crippen MR) is 99.6 cm³/mol. The topological polar surface area (TPSA) is 111 Å². The number of amides is 1. The van der Waals surface area contributed by atoms with Gasteiger partial charge >= 0.3 is 5.97 Å². The highest BCUT2D eigenvalue weighted by Gasteiger charge is 2.28. The van der Waals surface area contributed by atoms with Gasteiger partial charge in [-0.2, -0.15) is 4.31 Å². The summed E-state index contributed by atoms with van der Waals surface area (Å²) in [7, 11) is -3.73. The highest BCUT2D eigenvalue weighted by molar-refractivity contribution is 7.89. The summed E-state index contributed by atoms with van der Waals surface area (Å²) < 4.78 is 42.1. The molecule has 0 spiro atoms. The van der Waals surface area contributed by atoms with Crippen LogP contribution in [0.3, 0.4) is 0 Å². The highest BCUT2D eigenvalue weighted by atomic mass is 35.5. The Morgan fingerprint density at radius 1 is 1.25 bits per heavy atom. The van der Waals surface area contributed by atoms with Crippen LogP contribution in [0.5, 0.6) is 0 Å². The zero-order chi connectivity index (χ0) is 20.1. The number of nitrogens with zero attached hydrogens (tertiary/aromatic N) is 1. The Morgan fingerprint density at radius 3 is 2.68 bits per heavy atom. The predicted octanol–water partition coefficient (Wildman–Crippen LogP) is 1.02. The summed E-state index contributed by atoms with van der Waals surface area (Å²) in [5.74, 6) is -1.23. The van der Waals surface area contributed by atoms with Crippen molar-refractivity contribution in [2.75, 3.05) is 44.8 Å².